The summed E-state index contributed by atoms with van der Waals surface area (Å²) < 4.78 is 4.64. The fourth-order valence-electron chi connectivity index (χ4n) is 3.43. The van der Waals surface area contributed by atoms with E-state index < -0.39 is 11.9 Å². The van der Waals surface area contributed by atoms with Crippen LogP contribution in [0.1, 0.15) is 34.6 Å². The number of benzene rings is 2. The van der Waals surface area contributed by atoms with Gasteiger partial charge in [0.05, 0.1) is 29.5 Å². The highest BCUT2D eigenvalue weighted by molar-refractivity contribution is 6.30. The van der Waals surface area contributed by atoms with Crippen molar-refractivity contribution < 1.29 is 19.1 Å². The van der Waals surface area contributed by atoms with Crippen LogP contribution in [0.5, 0.6) is 0 Å². The topological polar surface area (TPSA) is 113 Å². The maximum absolute atomic E-state index is 13.1. The number of esters is 1. The average Bonchev–Trinajstić information content (AvgIpc) is 3.15. The number of carbonyl (C=O) groups excluding carboxylic acids is 3. The molecule has 0 spiro atoms. The quantitative estimate of drug-likeness (QED) is 0.356. The molecule has 9 nitrogen and oxygen atoms in total. The van der Waals surface area contributed by atoms with Crippen LogP contribution in [0.2, 0.25) is 0 Å². The molecular weight excluding hydrogens is 422 g/mol. The van der Waals surface area contributed by atoms with Gasteiger partial charge in [-0.25, -0.2) is 9.78 Å². The summed E-state index contributed by atoms with van der Waals surface area (Å²) in [6.07, 6.45) is 0. The maximum Gasteiger partial charge on any atom is 0.337 e. The minimum atomic E-state index is -0.486. The number of fused-ring (bicyclic) bond motifs is 1. The third kappa shape index (κ3) is 4.29. The van der Waals surface area contributed by atoms with E-state index in [4.69, 9.17) is 0 Å². The first-order valence-corrected chi connectivity index (χ1v) is 10.1. The van der Waals surface area contributed by atoms with Gasteiger partial charge in [-0.15, -0.1) is 0 Å². The van der Waals surface area contributed by atoms with E-state index in [9.17, 15) is 14.4 Å². The summed E-state index contributed by atoms with van der Waals surface area (Å²) in [5.41, 5.74) is 8.03. The number of nitrogens with one attached hydrogen (secondary N) is 2. The summed E-state index contributed by atoms with van der Waals surface area (Å²) in [4.78, 5) is 41.5. The highest BCUT2D eigenvalue weighted by Gasteiger charge is 2.31. The van der Waals surface area contributed by atoms with Gasteiger partial charge in [0.1, 0.15) is 0 Å². The fraction of sp³-hybridized carbons (Fsp3) is 0.125. The molecule has 2 N–H and O–H groups in total. The molecule has 2 aromatic carbocycles. The number of hydrogen-bond donors (Lipinski definition) is 2. The Labute approximate surface area is 189 Å². The number of hydrogen-bond acceptors (Lipinski definition) is 7. The van der Waals surface area contributed by atoms with Gasteiger partial charge in [-0.05, 0) is 56.3 Å². The van der Waals surface area contributed by atoms with Crippen molar-refractivity contribution in [3.8, 4) is 0 Å². The molecule has 1 aliphatic rings. The van der Waals surface area contributed by atoms with Gasteiger partial charge in [0.2, 0.25) is 0 Å². The van der Waals surface area contributed by atoms with Crippen molar-refractivity contribution in [3.63, 3.8) is 0 Å². The highest BCUT2D eigenvalue weighted by Crippen LogP contribution is 2.25. The van der Waals surface area contributed by atoms with Gasteiger partial charge in [-0.3, -0.25) is 15.0 Å². The van der Waals surface area contributed by atoms with Crippen LogP contribution in [-0.2, 0) is 9.53 Å². The van der Waals surface area contributed by atoms with Crippen LogP contribution in [0.3, 0.4) is 0 Å². The van der Waals surface area contributed by atoms with Crippen LogP contribution in [0.25, 0.3) is 10.9 Å². The van der Waals surface area contributed by atoms with E-state index in [0.29, 0.717) is 33.9 Å². The van der Waals surface area contributed by atoms with E-state index in [2.05, 4.69) is 25.7 Å². The molecule has 4 rings (SSSR count). The number of aromatic nitrogens is 1. The number of allylic oxidation sites excluding steroid dienone is 1. The number of amides is 2. The van der Waals surface area contributed by atoms with E-state index in [1.807, 2.05) is 30.3 Å². The van der Waals surface area contributed by atoms with E-state index >= 15 is 0 Å². The van der Waals surface area contributed by atoms with Gasteiger partial charge >= 0.3 is 5.97 Å². The summed E-state index contributed by atoms with van der Waals surface area (Å²) in [5, 5.41) is 6.56. The van der Waals surface area contributed by atoms with Crippen LogP contribution in [0.15, 0.2) is 77.0 Å². The Hall–Kier alpha value is -4.53. The van der Waals surface area contributed by atoms with Crippen molar-refractivity contribution in [1.82, 2.24) is 15.8 Å². The number of hydrazone groups is 1. The third-order valence-electron chi connectivity index (χ3n) is 5.13. The van der Waals surface area contributed by atoms with E-state index in [0.717, 1.165) is 10.9 Å². The Balaban J connectivity index is 1.48. The second kappa shape index (κ2) is 8.91. The Morgan fingerprint density at radius 3 is 2.36 bits per heavy atom. The minimum absolute atomic E-state index is 0.332. The number of anilines is 1. The number of pyridine rings is 1. The number of nitrogens with zero attached hydrogens (tertiary/aromatic N) is 3. The van der Waals surface area contributed by atoms with Gasteiger partial charge in [0, 0.05) is 16.6 Å². The number of para-hydroxylation sites is 1. The van der Waals surface area contributed by atoms with Crippen molar-refractivity contribution in [2.24, 2.45) is 5.10 Å². The van der Waals surface area contributed by atoms with Crippen molar-refractivity contribution in [1.29, 1.82) is 0 Å². The summed E-state index contributed by atoms with van der Waals surface area (Å²) in [6.45, 7) is 3.39. The number of carbonyl (C=O) groups is 3. The van der Waals surface area contributed by atoms with Crippen molar-refractivity contribution in [2.45, 2.75) is 13.8 Å². The van der Waals surface area contributed by atoms with Crippen molar-refractivity contribution >= 4 is 40.2 Å². The lowest BCUT2D eigenvalue weighted by molar-refractivity contribution is -0.114. The molecule has 0 bridgehead atoms. The van der Waals surface area contributed by atoms with E-state index in [-0.39, 0.29) is 5.91 Å². The van der Waals surface area contributed by atoms with Gasteiger partial charge in [0.15, 0.2) is 5.82 Å². The Morgan fingerprint density at radius 2 is 1.64 bits per heavy atom. The molecule has 0 fully saturated rings. The minimum Gasteiger partial charge on any atom is -0.465 e. The van der Waals surface area contributed by atoms with Gasteiger partial charge in [0.25, 0.3) is 11.8 Å². The zero-order valence-electron chi connectivity index (χ0n) is 18.2. The van der Waals surface area contributed by atoms with Gasteiger partial charge < -0.3 is 10.2 Å². The Bertz CT molecular complexity index is 1330. The van der Waals surface area contributed by atoms with Gasteiger partial charge in [-0.2, -0.15) is 10.1 Å². The lowest BCUT2D eigenvalue weighted by Crippen LogP contribution is -2.38. The molecule has 0 aliphatic carbocycles. The van der Waals surface area contributed by atoms with Crippen LogP contribution in [-0.4, -0.2) is 35.6 Å². The molecule has 166 valence electrons. The first-order chi connectivity index (χ1) is 15.9. The summed E-state index contributed by atoms with van der Waals surface area (Å²) in [7, 11) is 1.29. The SMILES string of the molecule is COC(=O)c1ccc(C(=O)NNC(C)=C2C(=O)N(c3ccc4ccccc4n3)N=C2C)cc1. The van der Waals surface area contributed by atoms with E-state index in [1.165, 1.54) is 36.4 Å². The van der Waals surface area contributed by atoms with Crippen LogP contribution < -0.4 is 15.9 Å². The molecule has 0 saturated carbocycles. The van der Waals surface area contributed by atoms with Crippen LogP contribution in [0, 0.1) is 0 Å². The summed E-state index contributed by atoms with van der Waals surface area (Å²) in [6, 6.07) is 17.2. The standard InChI is InChI=1S/C24H21N5O4/c1-14(26-27-22(30)17-8-10-18(11-9-17)24(32)33-3)21-15(2)28-29(23(21)31)20-13-12-16-6-4-5-7-19(16)25-20/h4-13,26H,1-3H3,(H,27,30). The fourth-order valence-corrected chi connectivity index (χ4v) is 3.43. The molecule has 2 amide bonds. The second-order valence-corrected chi connectivity index (χ2v) is 7.31. The average molecular weight is 443 g/mol. The molecule has 0 atom stereocenters. The Morgan fingerprint density at radius 1 is 0.939 bits per heavy atom. The zero-order chi connectivity index (χ0) is 23.5. The maximum atomic E-state index is 13.1. The molecule has 3 aromatic rings. The van der Waals surface area contributed by atoms with Gasteiger partial charge in [-0.1, -0.05) is 18.2 Å². The number of rotatable bonds is 5. The molecule has 0 saturated heterocycles. The number of hydrazine groups is 1. The predicted octanol–water partition coefficient (Wildman–Crippen LogP) is 2.95. The lowest BCUT2D eigenvalue weighted by atomic mass is 10.1. The zero-order valence-corrected chi connectivity index (χ0v) is 18.2. The summed E-state index contributed by atoms with van der Waals surface area (Å²) in [5.74, 6) is -0.854. The molecule has 33 heavy (non-hydrogen) atoms. The monoisotopic (exact) mass is 443 g/mol. The summed E-state index contributed by atoms with van der Waals surface area (Å²) >= 11 is 0. The smallest absolute Gasteiger partial charge is 0.337 e. The number of ether oxygens (including phenoxy) is 1. The first kappa shape index (κ1) is 21.7. The highest BCUT2D eigenvalue weighted by atomic mass is 16.5. The van der Waals surface area contributed by atoms with Crippen LogP contribution >= 0.6 is 0 Å². The molecule has 9 heteroatoms. The second-order valence-electron chi connectivity index (χ2n) is 7.31. The van der Waals surface area contributed by atoms with Crippen molar-refractivity contribution in [2.75, 3.05) is 12.1 Å². The molecule has 1 aliphatic heterocycles. The normalized spacial score (nSPS) is 14.7. The molecular formula is C24H21N5O4. The van der Waals surface area contributed by atoms with Crippen LogP contribution in [0.4, 0.5) is 5.82 Å². The largest absolute Gasteiger partial charge is 0.465 e. The number of methoxy groups -OCH3 is 1. The molecule has 2 heterocycles. The third-order valence-corrected chi connectivity index (χ3v) is 5.13. The molecule has 0 unspecified atom stereocenters. The van der Waals surface area contributed by atoms with Crippen molar-refractivity contribution in [3.05, 3.63) is 83.1 Å². The lowest BCUT2D eigenvalue weighted by Gasteiger charge is -2.13. The first-order valence-electron chi connectivity index (χ1n) is 10.1. The predicted molar refractivity (Wildman–Crippen MR) is 123 cm³/mol. The Kier molecular flexibility index (Phi) is 5.86. The molecule has 1 aromatic heterocycles. The van der Waals surface area contributed by atoms with E-state index in [1.54, 1.807) is 19.9 Å². The molecule has 0 radical (unpaired) electrons.